The summed E-state index contributed by atoms with van der Waals surface area (Å²) in [4.78, 5) is 9.68. The molecular formula is C20H24ClN7OS. The van der Waals surface area contributed by atoms with Crippen molar-refractivity contribution < 1.29 is 4.74 Å². The number of nitrogens with two attached hydrogens (primary N) is 2. The number of nitrogens with zero attached hydrogens (tertiary/aromatic N) is 4. The number of piperidine rings is 1. The summed E-state index contributed by atoms with van der Waals surface area (Å²) in [6.45, 7) is 3.93. The predicted octanol–water partition coefficient (Wildman–Crippen LogP) is 2.67. The third kappa shape index (κ3) is 3.07. The molecule has 2 saturated heterocycles. The second-order valence-electron chi connectivity index (χ2n) is 7.95. The maximum atomic E-state index is 6.66. The van der Waals surface area contributed by atoms with E-state index < -0.39 is 0 Å². The molecular weight excluding hydrogens is 422 g/mol. The van der Waals surface area contributed by atoms with Gasteiger partial charge in [0.25, 0.3) is 0 Å². The number of anilines is 1. The van der Waals surface area contributed by atoms with Gasteiger partial charge in [0, 0.05) is 22.5 Å². The highest BCUT2D eigenvalue weighted by molar-refractivity contribution is 7.99. The first-order valence-electron chi connectivity index (χ1n) is 10.0. The van der Waals surface area contributed by atoms with E-state index in [1.165, 1.54) is 11.8 Å². The van der Waals surface area contributed by atoms with Crippen LogP contribution in [0, 0.1) is 5.41 Å². The molecule has 3 aromatic heterocycles. The lowest BCUT2D eigenvalue weighted by Crippen LogP contribution is -2.50. The topological polar surface area (TPSA) is 116 Å². The maximum Gasteiger partial charge on any atom is 0.143 e. The quantitative estimate of drug-likeness (QED) is 0.563. The largest absolute Gasteiger partial charge is 0.382 e. The van der Waals surface area contributed by atoms with Gasteiger partial charge in [-0.3, -0.25) is 4.98 Å². The second-order valence-corrected chi connectivity index (χ2v) is 9.39. The lowest BCUT2D eigenvalue weighted by molar-refractivity contribution is 0.00326. The molecule has 2 aliphatic heterocycles. The van der Waals surface area contributed by atoms with Crippen LogP contribution in [0.2, 0.25) is 5.02 Å². The number of ether oxygens (including phenoxy) is 1. The minimum atomic E-state index is -0.164. The summed E-state index contributed by atoms with van der Waals surface area (Å²) in [7, 11) is 0. The molecule has 0 aliphatic carbocycles. The van der Waals surface area contributed by atoms with Crippen LogP contribution in [0.25, 0.3) is 5.52 Å². The van der Waals surface area contributed by atoms with Crippen molar-refractivity contribution in [2.45, 2.75) is 47.9 Å². The van der Waals surface area contributed by atoms with Crippen molar-refractivity contribution in [2.75, 3.05) is 18.8 Å². The molecule has 3 unspecified atom stereocenters. The molecule has 0 aromatic carbocycles. The summed E-state index contributed by atoms with van der Waals surface area (Å²) < 4.78 is 8.30. The number of hydrogen-bond acceptors (Lipinski definition) is 8. The predicted molar refractivity (Wildman–Crippen MR) is 117 cm³/mol. The Labute approximate surface area is 183 Å². The summed E-state index contributed by atoms with van der Waals surface area (Å²) in [5.41, 5.74) is 14.2. The molecule has 8 nitrogen and oxygen atoms in total. The van der Waals surface area contributed by atoms with Crippen LogP contribution in [0.5, 0.6) is 0 Å². The van der Waals surface area contributed by atoms with E-state index in [-0.39, 0.29) is 23.7 Å². The fourth-order valence-electron chi connectivity index (χ4n) is 4.72. The molecule has 5 rings (SSSR count). The van der Waals surface area contributed by atoms with E-state index in [4.69, 9.17) is 32.8 Å². The number of nitrogen functional groups attached to an aromatic ring is 1. The summed E-state index contributed by atoms with van der Waals surface area (Å²) >= 11 is 7.79. The Morgan fingerprint density at radius 2 is 2.07 bits per heavy atom. The SMILES string of the molecule is CC1OC(c2ncc(Sc3ccnc(N)c3Cl)n3nccc23)C2(CCNCC2)C1N. The molecule has 1 spiro atoms. The van der Waals surface area contributed by atoms with E-state index in [0.717, 1.165) is 47.1 Å². The van der Waals surface area contributed by atoms with E-state index in [0.29, 0.717) is 10.8 Å². The standard InChI is InChI=1S/C20H24ClN7OS/c1-11-17(22)20(4-8-24-9-5-20)18(29-11)16-12-2-7-27-28(12)14(10-26-16)30-13-3-6-25-19(23)15(13)21/h2-3,6-7,10-11,17-18,24H,4-5,8-9,22H2,1H3,(H2,23,25). The van der Waals surface area contributed by atoms with Crippen molar-refractivity contribution in [2.24, 2.45) is 11.1 Å². The molecule has 2 fully saturated rings. The van der Waals surface area contributed by atoms with Gasteiger partial charge in [0.15, 0.2) is 0 Å². The van der Waals surface area contributed by atoms with Gasteiger partial charge in [-0.2, -0.15) is 5.10 Å². The number of halogens is 1. The monoisotopic (exact) mass is 445 g/mol. The molecule has 0 saturated carbocycles. The summed E-state index contributed by atoms with van der Waals surface area (Å²) in [6.07, 6.45) is 6.98. The molecule has 30 heavy (non-hydrogen) atoms. The molecule has 5 N–H and O–H groups in total. The number of fused-ring (bicyclic) bond motifs is 1. The van der Waals surface area contributed by atoms with E-state index in [1.54, 1.807) is 12.4 Å². The van der Waals surface area contributed by atoms with Crippen molar-refractivity contribution in [3.8, 4) is 0 Å². The zero-order valence-electron chi connectivity index (χ0n) is 16.6. The highest BCUT2D eigenvalue weighted by atomic mass is 35.5. The smallest absolute Gasteiger partial charge is 0.143 e. The number of rotatable bonds is 3. The molecule has 3 atom stereocenters. The molecule has 5 heterocycles. The molecule has 0 bridgehead atoms. The highest BCUT2D eigenvalue weighted by Gasteiger charge is 2.55. The van der Waals surface area contributed by atoms with Gasteiger partial charge in [-0.15, -0.1) is 0 Å². The molecule has 10 heteroatoms. The van der Waals surface area contributed by atoms with Crippen molar-refractivity contribution in [1.29, 1.82) is 0 Å². The first-order chi connectivity index (χ1) is 14.5. The molecule has 0 radical (unpaired) electrons. The van der Waals surface area contributed by atoms with Gasteiger partial charge in [-0.1, -0.05) is 23.4 Å². The number of aromatic nitrogens is 4. The third-order valence-electron chi connectivity index (χ3n) is 6.35. The number of pyridine rings is 1. The van der Waals surface area contributed by atoms with Crippen LogP contribution in [0.15, 0.2) is 40.6 Å². The average Bonchev–Trinajstić information content (AvgIpc) is 3.33. The fourth-order valence-corrected chi connectivity index (χ4v) is 5.84. The first kappa shape index (κ1) is 20.0. The van der Waals surface area contributed by atoms with E-state index >= 15 is 0 Å². The summed E-state index contributed by atoms with van der Waals surface area (Å²) in [5, 5.41) is 9.24. The fraction of sp³-hybridized carbons (Fsp3) is 0.450. The van der Waals surface area contributed by atoms with Gasteiger partial charge >= 0.3 is 0 Å². The number of nitrogens with one attached hydrogen (secondary N) is 1. The lowest BCUT2D eigenvalue weighted by Gasteiger charge is -2.40. The molecule has 3 aromatic rings. The van der Waals surface area contributed by atoms with Crippen LogP contribution < -0.4 is 16.8 Å². The van der Waals surface area contributed by atoms with E-state index in [2.05, 4.69) is 22.3 Å². The lowest BCUT2D eigenvalue weighted by atomic mass is 9.68. The van der Waals surface area contributed by atoms with Gasteiger partial charge < -0.3 is 21.5 Å². The van der Waals surface area contributed by atoms with Gasteiger partial charge in [0.05, 0.1) is 34.7 Å². The van der Waals surface area contributed by atoms with Crippen molar-refractivity contribution in [3.63, 3.8) is 0 Å². The van der Waals surface area contributed by atoms with E-state index in [1.807, 2.05) is 22.8 Å². The first-order valence-corrected chi connectivity index (χ1v) is 11.2. The van der Waals surface area contributed by atoms with Gasteiger partial charge in [0.1, 0.15) is 16.9 Å². The summed E-state index contributed by atoms with van der Waals surface area (Å²) in [6, 6.07) is 3.78. The molecule has 2 aliphatic rings. The Balaban J connectivity index is 1.56. The van der Waals surface area contributed by atoms with Crippen molar-refractivity contribution in [3.05, 3.63) is 41.4 Å². The minimum absolute atomic E-state index is 0.0227. The third-order valence-corrected chi connectivity index (χ3v) is 7.91. The summed E-state index contributed by atoms with van der Waals surface area (Å²) in [5.74, 6) is 0.304. The van der Waals surface area contributed by atoms with Crippen LogP contribution in [0.3, 0.4) is 0 Å². The van der Waals surface area contributed by atoms with Crippen LogP contribution in [-0.4, -0.2) is 44.8 Å². The van der Waals surface area contributed by atoms with Crippen LogP contribution in [0.4, 0.5) is 5.82 Å². The van der Waals surface area contributed by atoms with Gasteiger partial charge in [0.2, 0.25) is 0 Å². The Morgan fingerprint density at radius 1 is 1.27 bits per heavy atom. The zero-order valence-corrected chi connectivity index (χ0v) is 18.2. The molecule has 0 amide bonds. The minimum Gasteiger partial charge on any atom is -0.382 e. The van der Waals surface area contributed by atoms with Gasteiger partial charge in [-0.25, -0.2) is 9.50 Å². The Morgan fingerprint density at radius 3 is 2.87 bits per heavy atom. The normalized spacial score (nSPS) is 25.9. The highest BCUT2D eigenvalue weighted by Crippen LogP contribution is 2.53. The zero-order chi connectivity index (χ0) is 20.9. The van der Waals surface area contributed by atoms with E-state index in [9.17, 15) is 0 Å². The van der Waals surface area contributed by atoms with Crippen molar-refractivity contribution in [1.82, 2.24) is 24.9 Å². The van der Waals surface area contributed by atoms with Crippen LogP contribution >= 0.6 is 23.4 Å². The second kappa shape index (κ2) is 7.65. The maximum absolute atomic E-state index is 6.66. The molecule has 158 valence electrons. The van der Waals surface area contributed by atoms with Gasteiger partial charge in [-0.05, 0) is 45.0 Å². The Hall–Kier alpha value is -1.91. The average molecular weight is 446 g/mol. The number of hydrogen-bond donors (Lipinski definition) is 3. The van der Waals surface area contributed by atoms with Crippen LogP contribution in [0.1, 0.15) is 31.6 Å². The Kier molecular flexibility index (Phi) is 5.11. The Bertz CT molecular complexity index is 1080. The van der Waals surface area contributed by atoms with Crippen LogP contribution in [-0.2, 0) is 4.74 Å². The van der Waals surface area contributed by atoms with Crippen molar-refractivity contribution >= 4 is 34.7 Å².